The van der Waals surface area contributed by atoms with Crippen LogP contribution in [-0.4, -0.2) is 106 Å². The minimum atomic E-state index is -1.58. The van der Waals surface area contributed by atoms with Crippen LogP contribution in [0.2, 0.25) is 0 Å². The molecule has 0 aromatic carbocycles. The average molecular weight is 881 g/mol. The Morgan fingerprint density at radius 1 is 0.603 bits per heavy atom. The number of aliphatic carboxylic acids is 7. The molecule has 18 nitrogen and oxygen atoms in total. The third-order valence-corrected chi connectivity index (χ3v) is 15.3. The molecule has 344 valence electrons. The molecule has 0 radical (unpaired) electrons. The number of carboxylic acid groups (broad SMARTS) is 7. The van der Waals surface area contributed by atoms with Gasteiger partial charge in [0.25, 0.3) is 0 Å². The molecule has 5 heterocycles. The van der Waals surface area contributed by atoms with Crippen LogP contribution in [0.1, 0.15) is 126 Å². The molecule has 0 amide bonds. The smallest absolute Gasteiger partial charge is 0.304 e. The summed E-state index contributed by atoms with van der Waals surface area (Å²) in [6.45, 7) is 14.0. The number of rotatable bonds is 18. The topological polar surface area (TPSA) is 310 Å². The fourth-order valence-corrected chi connectivity index (χ4v) is 11.8. The minimum Gasteiger partial charge on any atom is -0.481 e. The number of fused-ring (bicyclic) bond motifs is 6. The van der Waals surface area contributed by atoms with Gasteiger partial charge in [-0.2, -0.15) is 0 Å². The number of nitrogens with zero attached hydrogens (tertiary/aromatic N) is 3. The highest BCUT2D eigenvalue weighted by molar-refractivity contribution is 6.10. The molecule has 18 heteroatoms. The van der Waals surface area contributed by atoms with Gasteiger partial charge in [0.05, 0.1) is 36.5 Å². The number of carbonyl (C=O) groups is 7. The van der Waals surface area contributed by atoms with Crippen LogP contribution in [0.5, 0.6) is 0 Å². The predicted molar refractivity (Wildman–Crippen MR) is 227 cm³/mol. The summed E-state index contributed by atoms with van der Waals surface area (Å²) >= 11 is 0. The Morgan fingerprint density at radius 2 is 1.13 bits per heavy atom. The van der Waals surface area contributed by atoms with Crippen LogP contribution in [0.4, 0.5) is 0 Å². The Morgan fingerprint density at radius 3 is 1.63 bits per heavy atom. The molecular weight excluding hydrogens is 821 g/mol. The van der Waals surface area contributed by atoms with Gasteiger partial charge < -0.3 is 41.1 Å². The SMILES string of the molecule is CC1=C2N[C@H]([C@H](CC(=O)O)[C@@]2(C)CCC(=O)O)[C@]2(C)N=C(C(C)=C3N=C(C=C4N=C1[C@@H](CCC(=O)O)C4(C)C)[C@@H](CCC(=O)O)[C@]3(C)CC(=O)O)[C@@H](CCC(=O)O)[C@]2(C)CC(=O)O. The predicted octanol–water partition coefficient (Wildman–Crippen LogP) is 5.92. The molecule has 0 saturated carbocycles. The molecule has 8 N–H and O–H groups in total. The van der Waals surface area contributed by atoms with Crippen molar-refractivity contribution in [1.29, 1.82) is 0 Å². The van der Waals surface area contributed by atoms with E-state index in [1.807, 2.05) is 13.8 Å². The van der Waals surface area contributed by atoms with Crippen molar-refractivity contribution in [1.82, 2.24) is 5.32 Å². The molecule has 5 aliphatic heterocycles. The van der Waals surface area contributed by atoms with Crippen molar-refractivity contribution >= 4 is 58.9 Å². The lowest BCUT2D eigenvalue weighted by Gasteiger charge is -2.48. The fraction of sp³-hybridized carbons (Fsp3) is 0.644. The molecule has 0 unspecified atom stereocenters. The third kappa shape index (κ3) is 8.56. The molecule has 0 aliphatic carbocycles. The number of aliphatic imine (C=N–C) groups is 3. The maximum absolute atomic E-state index is 13.1. The summed E-state index contributed by atoms with van der Waals surface area (Å²) in [4.78, 5) is 103. The minimum absolute atomic E-state index is 0.0464. The van der Waals surface area contributed by atoms with Crippen molar-refractivity contribution in [3.63, 3.8) is 0 Å². The third-order valence-electron chi connectivity index (χ3n) is 15.3. The van der Waals surface area contributed by atoms with Gasteiger partial charge in [0.2, 0.25) is 0 Å². The Bertz CT molecular complexity index is 2220. The zero-order chi connectivity index (χ0) is 47.4. The first kappa shape index (κ1) is 48.4. The van der Waals surface area contributed by atoms with Crippen LogP contribution in [-0.2, 0) is 33.6 Å². The van der Waals surface area contributed by atoms with E-state index in [0.29, 0.717) is 34.0 Å². The monoisotopic (exact) mass is 880 g/mol. The molecule has 5 rings (SSSR count). The lowest BCUT2D eigenvalue weighted by molar-refractivity contribution is -0.144. The molecule has 0 aromatic rings. The van der Waals surface area contributed by atoms with Crippen LogP contribution in [0.25, 0.3) is 0 Å². The molecular formula is C45H60N4O14. The summed E-state index contributed by atoms with van der Waals surface area (Å²) in [5.74, 6) is -11.5. The highest BCUT2D eigenvalue weighted by Gasteiger charge is 2.67. The number of carboxylic acids is 7. The fourth-order valence-electron chi connectivity index (χ4n) is 11.8. The lowest BCUT2D eigenvalue weighted by Crippen LogP contribution is -2.58. The molecule has 0 aromatic heterocycles. The lowest BCUT2D eigenvalue weighted by atomic mass is 9.56. The Kier molecular flexibility index (Phi) is 13.1. The zero-order valence-corrected chi connectivity index (χ0v) is 37.1. The molecule has 9 atom stereocenters. The summed E-state index contributed by atoms with van der Waals surface area (Å²) in [5.41, 5.74) is -3.67. The average Bonchev–Trinajstić information content (AvgIpc) is 3.75. The largest absolute Gasteiger partial charge is 0.481 e. The molecule has 1 fully saturated rings. The molecule has 8 bridgehead atoms. The van der Waals surface area contributed by atoms with Crippen LogP contribution >= 0.6 is 0 Å². The molecule has 1 saturated heterocycles. The zero-order valence-electron chi connectivity index (χ0n) is 37.1. The maximum Gasteiger partial charge on any atom is 0.304 e. The van der Waals surface area contributed by atoms with Crippen LogP contribution in [0, 0.1) is 45.3 Å². The summed E-state index contributed by atoms with van der Waals surface area (Å²) in [5, 5.41) is 75.2. The van der Waals surface area contributed by atoms with Crippen molar-refractivity contribution in [2.75, 3.05) is 0 Å². The van der Waals surface area contributed by atoms with E-state index in [-0.39, 0.29) is 56.4 Å². The van der Waals surface area contributed by atoms with E-state index in [0.717, 1.165) is 0 Å². The van der Waals surface area contributed by atoms with Crippen LogP contribution in [0.15, 0.2) is 49.3 Å². The van der Waals surface area contributed by atoms with E-state index in [9.17, 15) is 69.3 Å². The van der Waals surface area contributed by atoms with Gasteiger partial charge in [-0.05, 0) is 63.7 Å². The van der Waals surface area contributed by atoms with Crippen molar-refractivity contribution in [2.45, 2.75) is 138 Å². The van der Waals surface area contributed by atoms with Gasteiger partial charge >= 0.3 is 41.8 Å². The highest BCUT2D eigenvalue weighted by Crippen LogP contribution is 2.62. The van der Waals surface area contributed by atoms with Gasteiger partial charge in [-0.15, -0.1) is 0 Å². The van der Waals surface area contributed by atoms with Crippen molar-refractivity contribution in [3.8, 4) is 0 Å². The van der Waals surface area contributed by atoms with E-state index in [1.165, 1.54) is 0 Å². The highest BCUT2D eigenvalue weighted by atomic mass is 16.4. The van der Waals surface area contributed by atoms with E-state index >= 15 is 0 Å². The molecule has 5 aliphatic rings. The Balaban J connectivity index is 2.02. The molecule has 0 spiro atoms. The van der Waals surface area contributed by atoms with E-state index < -0.39 is 124 Å². The van der Waals surface area contributed by atoms with Crippen molar-refractivity contribution < 1.29 is 69.3 Å². The Labute approximate surface area is 365 Å². The van der Waals surface area contributed by atoms with Crippen LogP contribution in [0.3, 0.4) is 0 Å². The van der Waals surface area contributed by atoms with Gasteiger partial charge in [0, 0.05) is 99.5 Å². The van der Waals surface area contributed by atoms with E-state index in [1.54, 1.807) is 47.6 Å². The van der Waals surface area contributed by atoms with Gasteiger partial charge in [-0.25, -0.2) is 0 Å². The quantitative estimate of drug-likeness (QED) is 0.0792. The number of allylic oxidation sites excluding steroid dienone is 6. The number of hydrogen-bond acceptors (Lipinski definition) is 11. The van der Waals surface area contributed by atoms with E-state index in [2.05, 4.69) is 5.32 Å². The first-order chi connectivity index (χ1) is 29.0. The summed E-state index contributed by atoms with van der Waals surface area (Å²) in [6.07, 6.45) is -1.48. The van der Waals surface area contributed by atoms with Gasteiger partial charge in [0.15, 0.2) is 0 Å². The second kappa shape index (κ2) is 17.1. The van der Waals surface area contributed by atoms with Gasteiger partial charge in [-0.1, -0.05) is 34.6 Å². The summed E-state index contributed by atoms with van der Waals surface area (Å²) in [6, 6.07) is -1.03. The summed E-state index contributed by atoms with van der Waals surface area (Å²) < 4.78 is 0. The second-order valence-electron chi connectivity index (χ2n) is 19.5. The van der Waals surface area contributed by atoms with E-state index in [4.69, 9.17) is 15.0 Å². The van der Waals surface area contributed by atoms with Crippen molar-refractivity contribution in [3.05, 3.63) is 34.3 Å². The standard InChI is InChI=1S/C45H60N4O14/c1-21-36-24(10-13-30(52)53)41(3,4)28(47-36)18-27-23(9-12-29(50)51)43(6,19-34(60)61)39(46-27)22(2)37-25(11-14-31(54)55)44(7,20-35(62)63)45(8,49-37)40-26(17-33(58)59)42(5,38(21)48-40)16-15-32(56)57/h18,23-26,40,48H,9-17,19-20H2,1-8H3,(H,50,51)(H,52,53)(H,54,55)(H,56,57)(H,58,59)(H,60,61)(H,62,63)/t23-,24-,25-,26+,40-,42-,43+,44+,45+/m1/s1. The van der Waals surface area contributed by atoms with Gasteiger partial charge in [0.1, 0.15) is 0 Å². The normalized spacial score (nSPS) is 33.0. The number of nitrogens with one attached hydrogen (secondary N) is 1. The van der Waals surface area contributed by atoms with Crippen LogP contribution < -0.4 is 5.32 Å². The Hall–Kier alpha value is -5.68. The van der Waals surface area contributed by atoms with Gasteiger partial charge in [-0.3, -0.25) is 48.5 Å². The van der Waals surface area contributed by atoms with Crippen molar-refractivity contribution in [2.24, 2.45) is 60.3 Å². The first-order valence-corrected chi connectivity index (χ1v) is 21.3. The summed E-state index contributed by atoms with van der Waals surface area (Å²) in [7, 11) is 0. The first-order valence-electron chi connectivity index (χ1n) is 21.3. The second-order valence-corrected chi connectivity index (χ2v) is 19.5. The molecule has 63 heavy (non-hydrogen) atoms. The maximum atomic E-state index is 13.1. The number of hydrogen-bond donors (Lipinski definition) is 8.